The smallest absolute Gasteiger partial charge is 0.256 e. The van der Waals surface area contributed by atoms with Crippen molar-refractivity contribution < 1.29 is 43.7 Å². The van der Waals surface area contributed by atoms with E-state index in [9.17, 15) is 29.7 Å². The summed E-state index contributed by atoms with van der Waals surface area (Å²) in [5.74, 6) is -6.75. The summed E-state index contributed by atoms with van der Waals surface area (Å²) in [6, 6.07) is 2.92. The number of hydrogen-bond donors (Lipinski definition) is 4. The van der Waals surface area contributed by atoms with Crippen molar-refractivity contribution in [3.05, 3.63) is 58.7 Å². The lowest BCUT2D eigenvalue weighted by atomic mass is 9.57. The molecule has 1 amide bonds. The largest absolute Gasteiger partial charge is 0.507 e. The zero-order valence-corrected chi connectivity index (χ0v) is 21.3. The van der Waals surface area contributed by atoms with Gasteiger partial charge in [0, 0.05) is 18.2 Å². The van der Waals surface area contributed by atoms with Gasteiger partial charge in [-0.2, -0.15) is 0 Å². The van der Waals surface area contributed by atoms with Gasteiger partial charge in [0.15, 0.2) is 5.76 Å². The number of hydrogen-bond acceptors (Lipinski definition) is 11. The molecule has 12 nitrogen and oxygen atoms in total. The van der Waals surface area contributed by atoms with Crippen molar-refractivity contribution >= 4 is 34.5 Å². The summed E-state index contributed by atoms with van der Waals surface area (Å²) in [5, 5.41) is 36.7. The highest BCUT2D eigenvalue weighted by atomic mass is 16.6. The highest BCUT2D eigenvalue weighted by molar-refractivity contribution is 6.38. The first-order chi connectivity index (χ1) is 18.5. The van der Waals surface area contributed by atoms with Crippen molar-refractivity contribution in [3.63, 3.8) is 0 Å². The molecule has 1 heterocycles. The number of ketones is 2. The molecule has 3 aliphatic carbocycles. The van der Waals surface area contributed by atoms with Gasteiger partial charge in [-0.15, -0.1) is 0 Å². The summed E-state index contributed by atoms with van der Waals surface area (Å²) in [6.45, 7) is 5.62. The maximum absolute atomic E-state index is 14.1. The number of aromatic hydroxyl groups is 1. The average Bonchev–Trinajstić information content (AvgIpc) is 3.37. The van der Waals surface area contributed by atoms with Crippen LogP contribution in [0.4, 0.5) is 0 Å². The van der Waals surface area contributed by atoms with Crippen LogP contribution in [0.25, 0.3) is 22.8 Å². The standard InChI is InChI=1S/C27H25N3O9/c1-10(2)15-9-39-26(29-15)12-5-6-16(31)18-13(12)7-11-8-14-20(30-38-4)22(33)19(25(28)36)24(35)27(14,37-3)23(34)17(11)21(18)32/h5-6,9,11,14,31-33H,1,7-8H2,2-4H3,(H2,28,36)/b30-20-/t11-,14-,27-/m0/s1. The zero-order chi connectivity index (χ0) is 28.4. The first kappa shape index (κ1) is 25.9. The normalized spacial score (nSPS) is 25.4. The Labute approximate surface area is 221 Å². The van der Waals surface area contributed by atoms with E-state index in [1.54, 1.807) is 13.0 Å². The number of Topliss-reactive ketones (excluding diaryl/α,β-unsaturated/α-hetero) is 2. The molecular weight excluding hydrogens is 510 g/mol. The zero-order valence-electron chi connectivity index (χ0n) is 21.3. The SMILES string of the molecule is C=C(C)c1coc(-c2ccc(O)c3c2C[C@H]2C[C@H]4/C(=N/OC)C(O)=C(C(N)=O)C(=O)[C@@]4(OC)C(=O)C2=C3O)n1. The third-order valence-electron chi connectivity index (χ3n) is 7.54. The summed E-state index contributed by atoms with van der Waals surface area (Å²) in [4.78, 5) is 49.1. The first-order valence-electron chi connectivity index (χ1n) is 11.9. The molecule has 0 aliphatic heterocycles. The molecule has 0 unspecified atom stereocenters. The summed E-state index contributed by atoms with van der Waals surface area (Å²) in [6.07, 6.45) is 1.53. The number of carbonyl (C=O) groups is 3. The van der Waals surface area contributed by atoms with Gasteiger partial charge in [0.05, 0.1) is 11.5 Å². The summed E-state index contributed by atoms with van der Waals surface area (Å²) in [5.41, 5.74) is 3.81. The second-order valence-corrected chi connectivity index (χ2v) is 9.60. The fourth-order valence-corrected chi connectivity index (χ4v) is 5.80. The van der Waals surface area contributed by atoms with Crippen LogP contribution >= 0.6 is 0 Å². The van der Waals surface area contributed by atoms with Crippen molar-refractivity contribution in [2.24, 2.45) is 22.7 Å². The van der Waals surface area contributed by atoms with E-state index in [0.29, 0.717) is 22.4 Å². The summed E-state index contributed by atoms with van der Waals surface area (Å²) in [7, 11) is 2.29. The van der Waals surface area contributed by atoms with Gasteiger partial charge in [-0.25, -0.2) is 4.98 Å². The Balaban J connectivity index is 1.74. The molecule has 1 aromatic carbocycles. The van der Waals surface area contributed by atoms with Gasteiger partial charge in [-0.1, -0.05) is 11.7 Å². The molecule has 5 N–H and O–H groups in total. The minimum absolute atomic E-state index is 0.0190. The Morgan fingerprint density at radius 3 is 2.51 bits per heavy atom. The Bertz CT molecular complexity index is 1580. The maximum Gasteiger partial charge on any atom is 0.256 e. The fourth-order valence-electron chi connectivity index (χ4n) is 5.80. The molecule has 2 aromatic rings. The third kappa shape index (κ3) is 3.44. The quantitative estimate of drug-likeness (QED) is 0.251. The number of oxime groups is 1. The molecule has 1 aromatic heterocycles. The van der Waals surface area contributed by atoms with Gasteiger partial charge in [-0.3, -0.25) is 14.4 Å². The van der Waals surface area contributed by atoms with Gasteiger partial charge in [0.25, 0.3) is 5.91 Å². The number of nitrogens with two attached hydrogens (primary N) is 1. The number of allylic oxidation sites excluding steroid dienone is 2. The molecule has 3 aliphatic rings. The van der Waals surface area contributed by atoms with Gasteiger partial charge in [0.2, 0.25) is 23.1 Å². The lowest BCUT2D eigenvalue weighted by molar-refractivity contribution is -0.158. The van der Waals surface area contributed by atoms with Crippen molar-refractivity contribution in [3.8, 4) is 17.2 Å². The van der Waals surface area contributed by atoms with E-state index in [1.165, 1.54) is 19.4 Å². The highest BCUT2D eigenvalue weighted by Gasteiger charge is 2.65. The number of phenols is 1. The van der Waals surface area contributed by atoms with Crippen molar-refractivity contribution in [1.82, 2.24) is 4.98 Å². The number of benzene rings is 1. The summed E-state index contributed by atoms with van der Waals surface area (Å²) >= 11 is 0. The van der Waals surface area contributed by atoms with Gasteiger partial charge < -0.3 is 35.0 Å². The van der Waals surface area contributed by atoms with Crippen LogP contribution in [-0.4, -0.2) is 63.3 Å². The second-order valence-electron chi connectivity index (χ2n) is 9.60. The van der Waals surface area contributed by atoms with E-state index in [2.05, 4.69) is 16.7 Å². The number of primary amides is 1. The van der Waals surface area contributed by atoms with Gasteiger partial charge in [-0.05, 0) is 49.0 Å². The number of oxazole rings is 1. The predicted molar refractivity (Wildman–Crippen MR) is 136 cm³/mol. The average molecular weight is 536 g/mol. The molecule has 0 spiro atoms. The Morgan fingerprint density at radius 2 is 1.92 bits per heavy atom. The molecule has 202 valence electrons. The number of ether oxygens (including phenoxy) is 1. The van der Waals surface area contributed by atoms with E-state index < -0.39 is 52.0 Å². The lowest BCUT2D eigenvalue weighted by Gasteiger charge is -2.47. The molecule has 0 bridgehead atoms. The number of carbonyl (C=O) groups excluding carboxylic acids is 3. The summed E-state index contributed by atoms with van der Waals surface area (Å²) < 4.78 is 11.2. The number of phenolic OH excluding ortho intramolecular Hbond substituents is 1. The van der Waals surface area contributed by atoms with Crippen LogP contribution in [-0.2, 0) is 30.4 Å². The van der Waals surface area contributed by atoms with Crippen molar-refractivity contribution in [1.29, 1.82) is 0 Å². The third-order valence-corrected chi connectivity index (χ3v) is 7.54. The van der Waals surface area contributed by atoms with Crippen LogP contribution in [0.1, 0.15) is 30.2 Å². The number of aromatic nitrogens is 1. The van der Waals surface area contributed by atoms with Crippen molar-refractivity contribution in [2.75, 3.05) is 14.2 Å². The number of aliphatic hydroxyl groups excluding tert-OH is 2. The van der Waals surface area contributed by atoms with Crippen LogP contribution in [0, 0.1) is 11.8 Å². The first-order valence-corrected chi connectivity index (χ1v) is 11.9. The van der Waals surface area contributed by atoms with E-state index in [1.807, 2.05) is 0 Å². The van der Waals surface area contributed by atoms with Gasteiger partial charge >= 0.3 is 0 Å². The minimum atomic E-state index is -2.36. The fraction of sp³-hybridized carbons (Fsp3) is 0.296. The Morgan fingerprint density at radius 1 is 1.21 bits per heavy atom. The number of methoxy groups -OCH3 is 1. The Kier molecular flexibility index (Phi) is 5.95. The lowest BCUT2D eigenvalue weighted by Crippen LogP contribution is -2.65. The Hall–Kier alpha value is -4.71. The number of aliphatic hydroxyl groups is 2. The second kappa shape index (κ2) is 8.95. The molecule has 0 radical (unpaired) electrons. The predicted octanol–water partition coefficient (Wildman–Crippen LogP) is 2.38. The molecule has 12 heteroatoms. The number of amides is 1. The van der Waals surface area contributed by atoms with Crippen LogP contribution in [0.15, 0.2) is 51.5 Å². The van der Waals surface area contributed by atoms with E-state index in [0.717, 1.165) is 7.11 Å². The molecule has 1 saturated carbocycles. The number of rotatable bonds is 5. The van der Waals surface area contributed by atoms with Crippen molar-refractivity contribution in [2.45, 2.75) is 25.4 Å². The van der Waals surface area contributed by atoms with Crippen LogP contribution in [0.5, 0.6) is 5.75 Å². The molecular formula is C27H25N3O9. The monoisotopic (exact) mass is 535 g/mol. The topological polar surface area (TPSA) is 195 Å². The van der Waals surface area contributed by atoms with E-state index in [-0.39, 0.29) is 41.3 Å². The van der Waals surface area contributed by atoms with E-state index in [4.69, 9.17) is 19.7 Å². The van der Waals surface area contributed by atoms with Crippen LogP contribution in [0.3, 0.4) is 0 Å². The maximum atomic E-state index is 14.1. The molecule has 1 fully saturated rings. The minimum Gasteiger partial charge on any atom is -0.507 e. The molecule has 39 heavy (non-hydrogen) atoms. The molecule has 5 rings (SSSR count). The number of fused-ring (bicyclic) bond motifs is 3. The molecule has 3 atom stereocenters. The van der Waals surface area contributed by atoms with Crippen LogP contribution < -0.4 is 5.73 Å². The van der Waals surface area contributed by atoms with Gasteiger partial charge in [0.1, 0.15) is 41.9 Å². The van der Waals surface area contributed by atoms with Crippen LogP contribution in [0.2, 0.25) is 0 Å². The number of nitrogens with zero attached hydrogens (tertiary/aromatic N) is 2. The molecule has 0 saturated heterocycles. The highest BCUT2D eigenvalue weighted by Crippen LogP contribution is 2.52. The van der Waals surface area contributed by atoms with E-state index >= 15 is 0 Å².